The van der Waals surface area contributed by atoms with Crippen molar-refractivity contribution in [1.82, 2.24) is 14.9 Å². The molecule has 4 heteroatoms. The maximum absolute atomic E-state index is 4.71. The minimum Gasteiger partial charge on any atom is -0.373 e. The molecule has 1 aliphatic heterocycles. The van der Waals surface area contributed by atoms with E-state index in [0.717, 1.165) is 18.9 Å². The van der Waals surface area contributed by atoms with Crippen molar-refractivity contribution in [2.45, 2.75) is 25.3 Å². The third kappa shape index (κ3) is 3.58. The largest absolute Gasteiger partial charge is 0.373 e. The van der Waals surface area contributed by atoms with Gasteiger partial charge in [0.05, 0.1) is 0 Å². The number of hydrogen-bond acceptors (Lipinski definition) is 4. The topological polar surface area (TPSA) is 41.0 Å². The molecule has 0 aromatic carbocycles. The molecule has 2 aromatic rings. The highest BCUT2D eigenvalue weighted by Gasteiger charge is 2.22. The van der Waals surface area contributed by atoms with Crippen molar-refractivity contribution < 1.29 is 0 Å². The zero-order chi connectivity index (χ0) is 14.5. The lowest BCUT2D eigenvalue weighted by Gasteiger charge is -2.32. The van der Waals surface area contributed by atoms with Crippen LogP contribution in [-0.2, 0) is 6.54 Å². The van der Waals surface area contributed by atoms with E-state index < -0.39 is 0 Å². The van der Waals surface area contributed by atoms with Crippen molar-refractivity contribution in [1.29, 1.82) is 0 Å². The van der Waals surface area contributed by atoms with Gasteiger partial charge in [-0.3, -0.25) is 9.88 Å². The van der Waals surface area contributed by atoms with Crippen LogP contribution < -0.4 is 5.32 Å². The molecule has 0 aliphatic carbocycles. The Hall–Kier alpha value is -1.94. The fourth-order valence-corrected chi connectivity index (χ4v) is 3.01. The molecule has 0 bridgehead atoms. The number of anilines is 1. The number of piperidine rings is 1. The molecule has 0 amide bonds. The van der Waals surface area contributed by atoms with Crippen LogP contribution in [0, 0.1) is 0 Å². The van der Waals surface area contributed by atoms with Crippen molar-refractivity contribution in [2.24, 2.45) is 0 Å². The first kappa shape index (κ1) is 14.0. The molecule has 2 aromatic heterocycles. The summed E-state index contributed by atoms with van der Waals surface area (Å²) in [7, 11) is 1.92. The molecule has 1 saturated heterocycles. The van der Waals surface area contributed by atoms with Gasteiger partial charge in [-0.15, -0.1) is 0 Å². The third-order valence-electron chi connectivity index (χ3n) is 4.11. The summed E-state index contributed by atoms with van der Waals surface area (Å²) in [5, 5.41) is 3.13. The van der Waals surface area contributed by atoms with Gasteiger partial charge in [0, 0.05) is 44.1 Å². The number of rotatable bonds is 4. The second-order valence-electron chi connectivity index (χ2n) is 5.63. The lowest BCUT2D eigenvalue weighted by Crippen LogP contribution is -2.34. The van der Waals surface area contributed by atoms with Crippen LogP contribution in [0.4, 0.5) is 5.82 Å². The summed E-state index contributed by atoms with van der Waals surface area (Å²) >= 11 is 0. The van der Waals surface area contributed by atoms with Crippen LogP contribution in [0.3, 0.4) is 0 Å². The Morgan fingerprint density at radius 1 is 1.24 bits per heavy atom. The van der Waals surface area contributed by atoms with Crippen LogP contribution in [0.5, 0.6) is 0 Å². The van der Waals surface area contributed by atoms with E-state index in [2.05, 4.69) is 39.5 Å². The van der Waals surface area contributed by atoms with Crippen molar-refractivity contribution in [3.8, 4) is 0 Å². The summed E-state index contributed by atoms with van der Waals surface area (Å²) in [6, 6.07) is 10.5. The average Bonchev–Trinajstić information content (AvgIpc) is 2.56. The van der Waals surface area contributed by atoms with Crippen molar-refractivity contribution in [3.63, 3.8) is 0 Å². The van der Waals surface area contributed by atoms with E-state index in [1.165, 1.54) is 30.6 Å². The second-order valence-corrected chi connectivity index (χ2v) is 5.63. The summed E-state index contributed by atoms with van der Waals surface area (Å²) in [5.41, 5.74) is 2.55. The number of pyridine rings is 2. The summed E-state index contributed by atoms with van der Waals surface area (Å²) in [5.74, 6) is 1.49. The highest BCUT2D eigenvalue weighted by Crippen LogP contribution is 2.27. The van der Waals surface area contributed by atoms with Crippen LogP contribution in [0.1, 0.15) is 30.0 Å². The molecular formula is C17H22N4. The minimum absolute atomic E-state index is 0.536. The van der Waals surface area contributed by atoms with Crippen LogP contribution in [0.2, 0.25) is 0 Å². The lowest BCUT2D eigenvalue weighted by atomic mass is 9.94. The third-order valence-corrected chi connectivity index (χ3v) is 4.11. The maximum atomic E-state index is 4.71. The van der Waals surface area contributed by atoms with E-state index >= 15 is 0 Å². The van der Waals surface area contributed by atoms with Gasteiger partial charge in [0.25, 0.3) is 0 Å². The summed E-state index contributed by atoms with van der Waals surface area (Å²) in [4.78, 5) is 11.3. The first-order valence-electron chi connectivity index (χ1n) is 7.61. The summed E-state index contributed by atoms with van der Waals surface area (Å²) in [6.07, 6.45) is 6.21. The molecule has 0 unspecified atom stereocenters. The molecule has 1 N–H and O–H groups in total. The van der Waals surface area contributed by atoms with Crippen molar-refractivity contribution in [2.75, 3.05) is 25.5 Å². The lowest BCUT2D eigenvalue weighted by molar-refractivity contribution is 0.198. The zero-order valence-corrected chi connectivity index (χ0v) is 12.5. The Morgan fingerprint density at radius 3 is 2.90 bits per heavy atom. The van der Waals surface area contributed by atoms with Gasteiger partial charge in [-0.1, -0.05) is 6.07 Å². The van der Waals surface area contributed by atoms with E-state index in [1.54, 1.807) is 0 Å². The Morgan fingerprint density at radius 2 is 2.10 bits per heavy atom. The first-order chi connectivity index (χ1) is 10.3. The fraction of sp³-hybridized carbons (Fsp3) is 0.412. The molecule has 0 saturated carbocycles. The fourth-order valence-electron chi connectivity index (χ4n) is 3.01. The Labute approximate surface area is 126 Å². The highest BCUT2D eigenvalue weighted by atomic mass is 15.1. The first-order valence-corrected chi connectivity index (χ1v) is 7.61. The number of nitrogens with one attached hydrogen (secondary N) is 1. The molecule has 1 atom stereocenters. The van der Waals surface area contributed by atoms with Gasteiger partial charge in [-0.05, 0) is 49.2 Å². The number of likely N-dealkylation sites (tertiary alicyclic amines) is 1. The van der Waals surface area contributed by atoms with Crippen LogP contribution >= 0.6 is 0 Å². The molecule has 110 valence electrons. The number of nitrogens with zero attached hydrogens (tertiary/aromatic N) is 3. The second kappa shape index (κ2) is 6.68. The smallest absolute Gasteiger partial charge is 0.125 e. The van der Waals surface area contributed by atoms with Gasteiger partial charge in [0.1, 0.15) is 5.82 Å². The van der Waals surface area contributed by atoms with Gasteiger partial charge < -0.3 is 5.32 Å². The summed E-state index contributed by atoms with van der Waals surface area (Å²) < 4.78 is 0. The highest BCUT2D eigenvalue weighted by molar-refractivity contribution is 5.35. The van der Waals surface area contributed by atoms with Crippen molar-refractivity contribution >= 4 is 5.82 Å². The van der Waals surface area contributed by atoms with Crippen LogP contribution in [0.25, 0.3) is 0 Å². The summed E-state index contributed by atoms with van der Waals surface area (Å²) in [6.45, 7) is 3.26. The monoisotopic (exact) mass is 282 g/mol. The molecule has 1 aliphatic rings. The van der Waals surface area contributed by atoms with E-state index in [0.29, 0.717) is 5.92 Å². The van der Waals surface area contributed by atoms with Crippen LogP contribution in [0.15, 0.2) is 42.7 Å². The van der Waals surface area contributed by atoms with Crippen molar-refractivity contribution in [3.05, 3.63) is 54.0 Å². The molecule has 21 heavy (non-hydrogen) atoms. The predicted octanol–water partition coefficient (Wildman–Crippen LogP) is 2.90. The van der Waals surface area contributed by atoms with E-state index in [1.807, 2.05) is 25.5 Å². The molecular weight excluding hydrogens is 260 g/mol. The molecule has 0 radical (unpaired) electrons. The quantitative estimate of drug-likeness (QED) is 0.936. The molecule has 3 heterocycles. The van der Waals surface area contributed by atoms with Gasteiger partial charge >= 0.3 is 0 Å². The van der Waals surface area contributed by atoms with Gasteiger partial charge in [0.15, 0.2) is 0 Å². The Balaban J connectivity index is 1.67. The van der Waals surface area contributed by atoms with Gasteiger partial charge in [-0.2, -0.15) is 0 Å². The standard InChI is InChI=1S/C17H22N4/c1-18-17-6-2-5-16(20-17)15-4-3-11-21(13-15)12-14-7-9-19-10-8-14/h2,5-10,15H,3-4,11-13H2,1H3,(H,18,20)/t15-/m1/s1. The van der Waals surface area contributed by atoms with Gasteiger partial charge in [-0.25, -0.2) is 4.98 Å². The van der Waals surface area contributed by atoms with E-state index in [-0.39, 0.29) is 0 Å². The Bertz CT molecular complexity index is 570. The predicted molar refractivity (Wildman–Crippen MR) is 85.3 cm³/mol. The average molecular weight is 282 g/mol. The number of hydrogen-bond donors (Lipinski definition) is 1. The van der Waals surface area contributed by atoms with Gasteiger partial charge in [0.2, 0.25) is 0 Å². The number of aromatic nitrogens is 2. The van der Waals surface area contributed by atoms with E-state index in [4.69, 9.17) is 4.98 Å². The van der Waals surface area contributed by atoms with E-state index in [9.17, 15) is 0 Å². The SMILES string of the molecule is CNc1cccc([C@@H]2CCCN(Cc3ccncc3)C2)n1. The molecule has 4 nitrogen and oxygen atoms in total. The minimum atomic E-state index is 0.536. The maximum Gasteiger partial charge on any atom is 0.125 e. The molecule has 0 spiro atoms. The molecule has 1 fully saturated rings. The normalized spacial score (nSPS) is 19.4. The van der Waals surface area contributed by atoms with Crippen LogP contribution in [-0.4, -0.2) is 35.0 Å². The Kier molecular flexibility index (Phi) is 4.46. The zero-order valence-electron chi connectivity index (χ0n) is 12.5. The molecule has 3 rings (SSSR count).